The van der Waals surface area contributed by atoms with Crippen LogP contribution in [0.25, 0.3) is 10.8 Å². The van der Waals surface area contributed by atoms with Crippen molar-refractivity contribution in [3.8, 4) is 11.5 Å². The number of hydrogen-bond acceptors (Lipinski definition) is 4. The molecule has 0 aromatic heterocycles. The summed E-state index contributed by atoms with van der Waals surface area (Å²) in [5.74, 6) is 1.33. The average molecular weight is 486 g/mol. The zero-order chi connectivity index (χ0) is 21.3. The molecule has 30 heavy (non-hydrogen) atoms. The largest absolute Gasteiger partial charge is 0.490 e. The van der Waals surface area contributed by atoms with Gasteiger partial charge in [-0.05, 0) is 70.5 Å². The number of nitrogens with one attached hydrogen (secondary N) is 2. The van der Waals surface area contributed by atoms with Crippen LogP contribution < -0.4 is 20.2 Å². The van der Waals surface area contributed by atoms with Gasteiger partial charge in [-0.2, -0.15) is 5.10 Å². The van der Waals surface area contributed by atoms with E-state index in [1.54, 1.807) is 6.21 Å². The van der Waals surface area contributed by atoms with Crippen LogP contribution in [0, 0.1) is 0 Å². The summed E-state index contributed by atoms with van der Waals surface area (Å²) < 4.78 is 12.8. The molecule has 5 nitrogen and oxygen atoms in total. The molecule has 0 spiro atoms. The molecule has 0 atom stereocenters. The van der Waals surface area contributed by atoms with E-state index in [0.29, 0.717) is 29.8 Å². The van der Waals surface area contributed by atoms with Crippen LogP contribution in [0.5, 0.6) is 11.5 Å². The molecule has 0 heterocycles. The standard InChI is InChI=1S/C23H24BrN3O2S/c1-3-25-23(30)27-26-14-18-12-21(28-4-2)22(13-20(18)24)29-15-17-10-7-9-16-8-5-6-11-19(16)17/h5-14H,3-4,15H2,1-2H3,(H2,25,27,30)/b26-14-. The van der Waals surface area contributed by atoms with E-state index in [0.717, 1.165) is 22.1 Å². The summed E-state index contributed by atoms with van der Waals surface area (Å²) >= 11 is 8.70. The molecule has 0 amide bonds. The van der Waals surface area contributed by atoms with Crippen molar-refractivity contribution >= 4 is 50.2 Å². The lowest BCUT2D eigenvalue weighted by molar-refractivity contribution is 0.270. The van der Waals surface area contributed by atoms with Crippen LogP contribution in [-0.4, -0.2) is 24.5 Å². The Hall–Kier alpha value is -2.64. The zero-order valence-electron chi connectivity index (χ0n) is 16.9. The lowest BCUT2D eigenvalue weighted by Crippen LogP contribution is -2.31. The number of benzene rings is 3. The van der Waals surface area contributed by atoms with Crippen LogP contribution in [0.15, 0.2) is 64.2 Å². The van der Waals surface area contributed by atoms with E-state index < -0.39 is 0 Å². The maximum atomic E-state index is 6.15. The van der Waals surface area contributed by atoms with E-state index in [1.165, 1.54) is 10.8 Å². The molecule has 7 heteroatoms. The molecule has 0 radical (unpaired) electrons. The van der Waals surface area contributed by atoms with Crippen LogP contribution in [0.1, 0.15) is 25.0 Å². The predicted molar refractivity (Wildman–Crippen MR) is 131 cm³/mol. The number of rotatable bonds is 8. The van der Waals surface area contributed by atoms with Gasteiger partial charge in [-0.1, -0.05) is 42.5 Å². The highest BCUT2D eigenvalue weighted by atomic mass is 79.9. The van der Waals surface area contributed by atoms with E-state index in [9.17, 15) is 0 Å². The summed E-state index contributed by atoms with van der Waals surface area (Å²) in [7, 11) is 0. The summed E-state index contributed by atoms with van der Waals surface area (Å²) in [6.45, 7) is 5.63. The van der Waals surface area contributed by atoms with Gasteiger partial charge in [-0.3, -0.25) is 5.43 Å². The first-order chi connectivity index (χ1) is 14.6. The third kappa shape index (κ3) is 5.70. The molecule has 2 N–H and O–H groups in total. The fourth-order valence-electron chi connectivity index (χ4n) is 2.97. The normalized spacial score (nSPS) is 10.9. The van der Waals surface area contributed by atoms with Crippen molar-refractivity contribution in [3.05, 3.63) is 70.2 Å². The number of hydrazone groups is 1. The predicted octanol–water partition coefficient (Wildman–Crippen LogP) is 5.40. The minimum atomic E-state index is 0.444. The van der Waals surface area contributed by atoms with E-state index in [-0.39, 0.29) is 0 Å². The Morgan fingerprint density at radius 1 is 1.07 bits per heavy atom. The monoisotopic (exact) mass is 485 g/mol. The SMILES string of the molecule is CCNC(=S)N/N=C\c1cc(OCC)c(OCc2cccc3ccccc23)cc1Br. The maximum Gasteiger partial charge on any atom is 0.186 e. The van der Waals surface area contributed by atoms with E-state index in [1.807, 2.05) is 44.2 Å². The molecule has 3 aromatic carbocycles. The van der Waals surface area contributed by atoms with Gasteiger partial charge in [0.25, 0.3) is 0 Å². The van der Waals surface area contributed by atoms with E-state index >= 15 is 0 Å². The van der Waals surface area contributed by atoms with Gasteiger partial charge >= 0.3 is 0 Å². The first-order valence-corrected chi connectivity index (χ1v) is 10.9. The minimum Gasteiger partial charge on any atom is -0.490 e. The van der Waals surface area contributed by atoms with Crippen molar-refractivity contribution in [2.45, 2.75) is 20.5 Å². The average Bonchev–Trinajstić information content (AvgIpc) is 2.75. The molecular weight excluding hydrogens is 462 g/mol. The second-order valence-corrected chi connectivity index (χ2v) is 7.67. The molecule has 0 unspecified atom stereocenters. The lowest BCUT2D eigenvalue weighted by Gasteiger charge is -2.15. The van der Waals surface area contributed by atoms with Crippen LogP contribution >= 0.6 is 28.1 Å². The van der Waals surface area contributed by atoms with Gasteiger partial charge in [0.2, 0.25) is 0 Å². The van der Waals surface area contributed by atoms with Crippen molar-refractivity contribution in [2.24, 2.45) is 5.10 Å². The molecule has 3 aromatic rings. The number of fused-ring (bicyclic) bond motifs is 1. The third-order valence-corrected chi connectivity index (χ3v) is 5.26. The Bertz CT molecular complexity index is 1050. The summed E-state index contributed by atoms with van der Waals surface area (Å²) in [6, 6.07) is 18.3. The Balaban J connectivity index is 1.79. The number of ether oxygens (including phenoxy) is 2. The van der Waals surface area contributed by atoms with Gasteiger partial charge in [0.05, 0.1) is 12.8 Å². The molecular formula is C23H24BrN3O2S. The van der Waals surface area contributed by atoms with Crippen molar-refractivity contribution in [1.29, 1.82) is 0 Å². The van der Waals surface area contributed by atoms with Crippen LogP contribution in [0.4, 0.5) is 0 Å². The number of thiocarbonyl (C=S) groups is 1. The van der Waals surface area contributed by atoms with Gasteiger partial charge in [-0.15, -0.1) is 0 Å². The molecule has 0 saturated heterocycles. The molecule has 0 saturated carbocycles. The fourth-order valence-corrected chi connectivity index (χ4v) is 3.59. The van der Waals surface area contributed by atoms with E-state index in [4.69, 9.17) is 21.7 Å². The number of halogens is 1. The highest BCUT2D eigenvalue weighted by Gasteiger charge is 2.11. The van der Waals surface area contributed by atoms with Crippen molar-refractivity contribution in [3.63, 3.8) is 0 Å². The minimum absolute atomic E-state index is 0.444. The molecule has 0 aliphatic heterocycles. The van der Waals surface area contributed by atoms with Crippen molar-refractivity contribution < 1.29 is 9.47 Å². The topological polar surface area (TPSA) is 54.9 Å². The summed E-state index contributed by atoms with van der Waals surface area (Å²) in [5, 5.41) is 10.0. The second-order valence-electron chi connectivity index (χ2n) is 6.41. The highest BCUT2D eigenvalue weighted by Crippen LogP contribution is 2.34. The second kappa shape index (κ2) is 10.9. The number of hydrogen-bond donors (Lipinski definition) is 2. The first kappa shape index (κ1) is 22.1. The van der Waals surface area contributed by atoms with Crippen LogP contribution in [-0.2, 0) is 6.61 Å². The molecule has 156 valence electrons. The van der Waals surface area contributed by atoms with Gasteiger partial charge in [0.1, 0.15) is 6.61 Å². The van der Waals surface area contributed by atoms with Crippen molar-refractivity contribution in [2.75, 3.05) is 13.2 Å². The Morgan fingerprint density at radius 3 is 2.63 bits per heavy atom. The molecule has 0 bridgehead atoms. The maximum absolute atomic E-state index is 6.15. The van der Waals surface area contributed by atoms with Crippen LogP contribution in [0.3, 0.4) is 0 Å². The van der Waals surface area contributed by atoms with Gasteiger partial charge in [-0.25, -0.2) is 0 Å². The first-order valence-electron chi connectivity index (χ1n) is 9.75. The zero-order valence-corrected chi connectivity index (χ0v) is 19.3. The molecule has 0 aliphatic rings. The molecule has 3 rings (SSSR count). The Labute approximate surface area is 190 Å². The lowest BCUT2D eigenvalue weighted by atomic mass is 10.1. The van der Waals surface area contributed by atoms with Gasteiger partial charge < -0.3 is 14.8 Å². The summed E-state index contributed by atoms with van der Waals surface area (Å²) in [4.78, 5) is 0. The summed E-state index contributed by atoms with van der Waals surface area (Å²) in [6.07, 6.45) is 1.69. The highest BCUT2D eigenvalue weighted by molar-refractivity contribution is 9.10. The van der Waals surface area contributed by atoms with E-state index in [2.05, 4.69) is 56.0 Å². The Kier molecular flexibility index (Phi) is 8.04. The van der Waals surface area contributed by atoms with Crippen LogP contribution in [0.2, 0.25) is 0 Å². The quantitative estimate of drug-likeness (QED) is 0.254. The molecule has 0 fully saturated rings. The number of nitrogens with zero attached hydrogens (tertiary/aromatic N) is 1. The summed E-state index contributed by atoms with van der Waals surface area (Å²) in [5.41, 5.74) is 4.76. The van der Waals surface area contributed by atoms with Crippen molar-refractivity contribution in [1.82, 2.24) is 10.7 Å². The fraction of sp³-hybridized carbons (Fsp3) is 0.217. The van der Waals surface area contributed by atoms with Gasteiger partial charge in [0.15, 0.2) is 16.6 Å². The third-order valence-electron chi connectivity index (χ3n) is 4.33. The smallest absolute Gasteiger partial charge is 0.186 e. The Morgan fingerprint density at radius 2 is 1.83 bits per heavy atom. The molecule has 0 aliphatic carbocycles. The van der Waals surface area contributed by atoms with Gasteiger partial charge in [0, 0.05) is 16.6 Å².